The van der Waals surface area contributed by atoms with Crippen LogP contribution in [-0.2, 0) is 16.0 Å². The van der Waals surface area contributed by atoms with E-state index in [0.29, 0.717) is 25.8 Å². The highest BCUT2D eigenvalue weighted by molar-refractivity contribution is 6.07. The molecule has 1 fully saturated rings. The van der Waals surface area contributed by atoms with E-state index in [1.54, 1.807) is 12.1 Å². The number of carboxylic acid groups (broad SMARTS) is 1. The van der Waals surface area contributed by atoms with Crippen molar-refractivity contribution in [2.24, 2.45) is 5.41 Å². The summed E-state index contributed by atoms with van der Waals surface area (Å²) in [4.78, 5) is 34.4. The fourth-order valence-corrected chi connectivity index (χ4v) is 2.23. The van der Waals surface area contributed by atoms with Crippen molar-refractivity contribution in [3.8, 4) is 0 Å². The van der Waals surface area contributed by atoms with Crippen molar-refractivity contribution in [2.45, 2.75) is 19.3 Å². The SMILES string of the molecule is CNC(=O)C1(C(=O)NCCc2ccc(C(=O)O)cc2)CC1. The molecule has 0 saturated heterocycles. The van der Waals surface area contributed by atoms with E-state index in [-0.39, 0.29) is 17.4 Å². The van der Waals surface area contributed by atoms with Gasteiger partial charge in [-0.2, -0.15) is 0 Å². The van der Waals surface area contributed by atoms with Crippen LogP contribution in [0.5, 0.6) is 0 Å². The van der Waals surface area contributed by atoms with Crippen LogP contribution >= 0.6 is 0 Å². The standard InChI is InChI=1S/C15H18N2O4/c1-16-13(20)15(7-8-15)14(21)17-9-6-10-2-4-11(5-3-10)12(18)19/h2-5H,6-9H2,1H3,(H,16,20)(H,17,21)(H,18,19). The third-order valence-corrected chi connectivity index (χ3v) is 3.75. The van der Waals surface area contributed by atoms with Gasteiger partial charge in [0, 0.05) is 13.6 Å². The number of nitrogens with one attached hydrogen (secondary N) is 2. The van der Waals surface area contributed by atoms with Crippen LogP contribution in [0.2, 0.25) is 0 Å². The molecular formula is C15H18N2O4. The number of carbonyl (C=O) groups is 3. The van der Waals surface area contributed by atoms with E-state index in [1.165, 1.54) is 19.2 Å². The van der Waals surface area contributed by atoms with Crippen LogP contribution < -0.4 is 10.6 Å². The first-order chi connectivity index (χ1) is 9.99. The Hall–Kier alpha value is -2.37. The van der Waals surface area contributed by atoms with Crippen molar-refractivity contribution in [3.63, 3.8) is 0 Å². The number of amides is 2. The number of carboxylic acids is 1. The number of hydrogen-bond acceptors (Lipinski definition) is 3. The van der Waals surface area contributed by atoms with Crippen molar-refractivity contribution in [3.05, 3.63) is 35.4 Å². The lowest BCUT2D eigenvalue weighted by atomic mass is 10.0. The molecule has 0 radical (unpaired) electrons. The summed E-state index contributed by atoms with van der Waals surface area (Å²) >= 11 is 0. The molecule has 1 aromatic rings. The molecule has 1 saturated carbocycles. The Bertz CT molecular complexity index is 562. The highest BCUT2D eigenvalue weighted by Crippen LogP contribution is 2.45. The molecule has 0 unspecified atom stereocenters. The van der Waals surface area contributed by atoms with E-state index in [2.05, 4.69) is 10.6 Å². The third-order valence-electron chi connectivity index (χ3n) is 3.75. The summed E-state index contributed by atoms with van der Waals surface area (Å²) in [5.41, 5.74) is 0.298. The van der Waals surface area contributed by atoms with E-state index in [4.69, 9.17) is 5.11 Å². The number of carbonyl (C=O) groups excluding carboxylic acids is 2. The fourth-order valence-electron chi connectivity index (χ4n) is 2.23. The zero-order chi connectivity index (χ0) is 15.5. The second kappa shape index (κ2) is 5.95. The number of hydrogen-bond donors (Lipinski definition) is 3. The predicted octanol–water partition coefficient (Wildman–Crippen LogP) is 0.570. The fraction of sp³-hybridized carbons (Fsp3) is 0.400. The molecule has 6 nitrogen and oxygen atoms in total. The van der Waals surface area contributed by atoms with Crippen LogP contribution in [0.1, 0.15) is 28.8 Å². The molecule has 0 aromatic heterocycles. The molecule has 3 N–H and O–H groups in total. The van der Waals surface area contributed by atoms with Crippen molar-refractivity contribution in [1.29, 1.82) is 0 Å². The van der Waals surface area contributed by atoms with Gasteiger partial charge >= 0.3 is 5.97 Å². The Labute approximate surface area is 122 Å². The molecule has 0 spiro atoms. The Balaban J connectivity index is 1.83. The number of aromatic carboxylic acids is 1. The second-order valence-electron chi connectivity index (χ2n) is 5.17. The van der Waals surface area contributed by atoms with Gasteiger partial charge in [0.25, 0.3) is 0 Å². The van der Waals surface area contributed by atoms with Crippen LogP contribution in [-0.4, -0.2) is 36.5 Å². The molecule has 1 aliphatic rings. The van der Waals surface area contributed by atoms with E-state index >= 15 is 0 Å². The average Bonchev–Trinajstić information content (AvgIpc) is 3.28. The summed E-state index contributed by atoms with van der Waals surface area (Å²) in [7, 11) is 1.53. The van der Waals surface area contributed by atoms with Gasteiger partial charge in [-0.1, -0.05) is 12.1 Å². The summed E-state index contributed by atoms with van der Waals surface area (Å²) in [6.07, 6.45) is 1.77. The van der Waals surface area contributed by atoms with E-state index in [9.17, 15) is 14.4 Å². The van der Waals surface area contributed by atoms with Crippen molar-refractivity contribution < 1.29 is 19.5 Å². The monoisotopic (exact) mass is 290 g/mol. The first kappa shape index (κ1) is 15.0. The lowest BCUT2D eigenvalue weighted by Gasteiger charge is -2.13. The van der Waals surface area contributed by atoms with E-state index in [1.807, 2.05) is 0 Å². The number of benzene rings is 1. The van der Waals surface area contributed by atoms with Crippen LogP contribution in [0.4, 0.5) is 0 Å². The Morgan fingerprint density at radius 2 is 1.76 bits per heavy atom. The Morgan fingerprint density at radius 3 is 2.24 bits per heavy atom. The van der Waals surface area contributed by atoms with E-state index in [0.717, 1.165) is 5.56 Å². The minimum atomic E-state index is -0.962. The predicted molar refractivity (Wildman–Crippen MR) is 75.8 cm³/mol. The molecule has 112 valence electrons. The summed E-state index contributed by atoms with van der Waals surface area (Å²) < 4.78 is 0. The first-order valence-corrected chi connectivity index (χ1v) is 6.82. The van der Waals surface area contributed by atoms with Crippen molar-refractivity contribution in [1.82, 2.24) is 10.6 Å². The second-order valence-corrected chi connectivity index (χ2v) is 5.17. The molecule has 2 rings (SSSR count). The van der Waals surface area contributed by atoms with Crippen molar-refractivity contribution in [2.75, 3.05) is 13.6 Å². The summed E-state index contributed by atoms with van der Waals surface area (Å²) in [5.74, 6) is -1.43. The maximum Gasteiger partial charge on any atom is 0.335 e. The number of rotatable bonds is 6. The molecule has 1 aromatic carbocycles. The Morgan fingerprint density at radius 1 is 1.14 bits per heavy atom. The topological polar surface area (TPSA) is 95.5 Å². The van der Waals surface area contributed by atoms with Gasteiger partial charge in [0.05, 0.1) is 5.56 Å². The van der Waals surface area contributed by atoms with Crippen LogP contribution in [0.15, 0.2) is 24.3 Å². The molecule has 0 heterocycles. The van der Waals surface area contributed by atoms with E-state index < -0.39 is 11.4 Å². The highest BCUT2D eigenvalue weighted by atomic mass is 16.4. The van der Waals surface area contributed by atoms with Gasteiger partial charge < -0.3 is 15.7 Å². The van der Waals surface area contributed by atoms with Crippen LogP contribution in [0.25, 0.3) is 0 Å². The normalized spacial score (nSPS) is 15.1. The molecule has 21 heavy (non-hydrogen) atoms. The van der Waals surface area contributed by atoms with Gasteiger partial charge in [0.1, 0.15) is 5.41 Å². The van der Waals surface area contributed by atoms with Gasteiger partial charge in [-0.05, 0) is 37.0 Å². The van der Waals surface area contributed by atoms with Gasteiger partial charge in [0.15, 0.2) is 0 Å². The lowest BCUT2D eigenvalue weighted by molar-refractivity contribution is -0.136. The maximum atomic E-state index is 12.0. The van der Waals surface area contributed by atoms with Gasteiger partial charge in [0.2, 0.25) is 11.8 Å². The first-order valence-electron chi connectivity index (χ1n) is 6.82. The van der Waals surface area contributed by atoms with Crippen molar-refractivity contribution >= 4 is 17.8 Å². The highest BCUT2D eigenvalue weighted by Gasteiger charge is 2.55. The quantitative estimate of drug-likeness (QED) is 0.667. The van der Waals surface area contributed by atoms with Gasteiger partial charge in [-0.25, -0.2) is 4.79 Å². The third kappa shape index (κ3) is 3.21. The smallest absolute Gasteiger partial charge is 0.335 e. The zero-order valence-corrected chi connectivity index (χ0v) is 11.8. The summed E-state index contributed by atoms with van der Waals surface area (Å²) in [6, 6.07) is 6.52. The zero-order valence-electron chi connectivity index (χ0n) is 11.8. The largest absolute Gasteiger partial charge is 0.478 e. The minimum Gasteiger partial charge on any atom is -0.478 e. The molecule has 0 bridgehead atoms. The van der Waals surface area contributed by atoms with Gasteiger partial charge in [-0.15, -0.1) is 0 Å². The van der Waals surface area contributed by atoms with Gasteiger partial charge in [-0.3, -0.25) is 9.59 Å². The molecule has 2 amide bonds. The van der Waals surface area contributed by atoms with Crippen LogP contribution in [0, 0.1) is 5.41 Å². The summed E-state index contributed by atoms with van der Waals surface area (Å²) in [6.45, 7) is 0.421. The Kier molecular flexibility index (Phi) is 4.26. The molecule has 1 aliphatic carbocycles. The minimum absolute atomic E-state index is 0.231. The lowest BCUT2D eigenvalue weighted by Crippen LogP contribution is -2.42. The molecule has 0 aliphatic heterocycles. The van der Waals surface area contributed by atoms with Crippen LogP contribution in [0.3, 0.4) is 0 Å². The maximum absolute atomic E-state index is 12.0. The molecule has 0 atom stereocenters. The summed E-state index contributed by atoms with van der Waals surface area (Å²) in [5, 5.41) is 14.1. The average molecular weight is 290 g/mol. The molecule has 6 heteroatoms. The molecular weight excluding hydrogens is 272 g/mol.